The van der Waals surface area contributed by atoms with Gasteiger partial charge in [0.05, 0.1) is 5.56 Å². The maximum absolute atomic E-state index is 13.5. The molecule has 1 aliphatic carbocycles. The summed E-state index contributed by atoms with van der Waals surface area (Å²) < 4.78 is 50.9. The van der Waals surface area contributed by atoms with Crippen LogP contribution in [0.1, 0.15) is 31.4 Å². The highest BCUT2D eigenvalue weighted by Gasteiger charge is 2.61. The quantitative estimate of drug-likeness (QED) is 0.810. The molecule has 1 nitrogen and oxygen atoms in total. The zero-order valence-electron chi connectivity index (χ0n) is 10.2. The van der Waals surface area contributed by atoms with E-state index in [2.05, 4.69) is 0 Å². The van der Waals surface area contributed by atoms with E-state index < -0.39 is 23.0 Å². The smallest absolute Gasteiger partial charge is 0.330 e. The molecule has 0 amide bonds. The third kappa shape index (κ3) is 1.81. The van der Waals surface area contributed by atoms with Crippen LogP contribution in [0.15, 0.2) is 18.2 Å². The van der Waals surface area contributed by atoms with Crippen molar-refractivity contribution < 1.29 is 17.6 Å². The van der Waals surface area contributed by atoms with E-state index in [1.54, 1.807) is 0 Å². The minimum Gasteiger partial charge on any atom is -0.330 e. The van der Waals surface area contributed by atoms with Crippen LogP contribution in [0.25, 0.3) is 0 Å². The number of halogens is 4. The lowest BCUT2D eigenvalue weighted by Crippen LogP contribution is -2.25. The summed E-state index contributed by atoms with van der Waals surface area (Å²) in [6.07, 6.45) is -3.89. The van der Waals surface area contributed by atoms with Crippen LogP contribution in [0.5, 0.6) is 0 Å². The monoisotopic (exact) mass is 261 g/mol. The Morgan fingerprint density at radius 2 is 1.83 bits per heavy atom. The van der Waals surface area contributed by atoms with Gasteiger partial charge in [-0.05, 0) is 29.5 Å². The fraction of sp³-hybridized carbons (Fsp3) is 0.538. The van der Waals surface area contributed by atoms with Crippen molar-refractivity contribution in [3.8, 4) is 0 Å². The number of hydrogen-bond acceptors (Lipinski definition) is 1. The van der Waals surface area contributed by atoms with E-state index >= 15 is 0 Å². The second kappa shape index (κ2) is 3.70. The summed E-state index contributed by atoms with van der Waals surface area (Å²) in [6, 6.07) is 3.12. The zero-order chi connectivity index (χ0) is 13.8. The van der Waals surface area contributed by atoms with E-state index in [0.29, 0.717) is 12.1 Å². The molecule has 1 aliphatic rings. The summed E-state index contributed by atoms with van der Waals surface area (Å²) in [4.78, 5) is 0. The van der Waals surface area contributed by atoms with Crippen LogP contribution < -0.4 is 5.73 Å². The van der Waals surface area contributed by atoms with E-state index in [1.165, 1.54) is 6.07 Å². The average Bonchev–Trinajstić information content (AvgIpc) is 2.80. The summed E-state index contributed by atoms with van der Waals surface area (Å²) in [5, 5.41) is 0. The summed E-state index contributed by atoms with van der Waals surface area (Å²) in [6.45, 7) is 4.27. The third-order valence-corrected chi connectivity index (χ3v) is 4.09. The third-order valence-electron chi connectivity index (χ3n) is 4.09. The van der Waals surface area contributed by atoms with Crippen LogP contribution in [0.3, 0.4) is 0 Å². The van der Waals surface area contributed by atoms with Crippen molar-refractivity contribution in [3.05, 3.63) is 35.1 Å². The van der Waals surface area contributed by atoms with Gasteiger partial charge in [-0.1, -0.05) is 19.9 Å². The number of nitrogens with two attached hydrogens (primary N) is 1. The minimum atomic E-state index is -4.66. The number of alkyl halides is 3. The molecule has 2 rings (SSSR count). The molecule has 18 heavy (non-hydrogen) atoms. The van der Waals surface area contributed by atoms with Gasteiger partial charge in [-0.25, -0.2) is 4.39 Å². The van der Waals surface area contributed by atoms with Crippen LogP contribution >= 0.6 is 0 Å². The van der Waals surface area contributed by atoms with Crippen LogP contribution in [0, 0.1) is 11.2 Å². The highest BCUT2D eigenvalue weighted by Crippen LogP contribution is 2.63. The summed E-state index contributed by atoms with van der Waals surface area (Å²) in [5.41, 5.74) is 4.56. The molecule has 1 atom stereocenters. The predicted octanol–water partition coefficient (Wildman–Crippen LogP) is 3.47. The van der Waals surface area contributed by atoms with Gasteiger partial charge < -0.3 is 5.73 Å². The van der Waals surface area contributed by atoms with Crippen LogP contribution in [-0.4, -0.2) is 6.54 Å². The van der Waals surface area contributed by atoms with Gasteiger partial charge in [0.2, 0.25) is 0 Å². The molecule has 0 radical (unpaired) electrons. The van der Waals surface area contributed by atoms with E-state index in [4.69, 9.17) is 5.73 Å². The van der Waals surface area contributed by atoms with E-state index in [0.717, 1.165) is 18.6 Å². The molecule has 1 unspecified atom stereocenters. The highest BCUT2D eigenvalue weighted by molar-refractivity contribution is 5.40. The Morgan fingerprint density at radius 3 is 2.17 bits per heavy atom. The van der Waals surface area contributed by atoms with E-state index in [9.17, 15) is 17.6 Å². The molecule has 0 bridgehead atoms. The van der Waals surface area contributed by atoms with Crippen molar-refractivity contribution in [1.29, 1.82) is 0 Å². The molecule has 0 heterocycles. The van der Waals surface area contributed by atoms with E-state index in [-0.39, 0.29) is 5.41 Å². The Labute approximate surface area is 103 Å². The molecule has 0 spiro atoms. The first-order chi connectivity index (χ1) is 8.14. The Hall–Kier alpha value is -1.10. The number of hydrogen-bond donors (Lipinski definition) is 1. The van der Waals surface area contributed by atoms with Gasteiger partial charge in [-0.15, -0.1) is 0 Å². The van der Waals surface area contributed by atoms with Crippen molar-refractivity contribution in [2.24, 2.45) is 11.1 Å². The summed E-state index contributed by atoms with van der Waals surface area (Å²) in [5.74, 6) is -1.23. The molecule has 5 heteroatoms. The van der Waals surface area contributed by atoms with Crippen molar-refractivity contribution in [2.75, 3.05) is 6.54 Å². The van der Waals surface area contributed by atoms with Gasteiger partial charge in [0.15, 0.2) is 0 Å². The highest BCUT2D eigenvalue weighted by atomic mass is 19.4. The van der Waals surface area contributed by atoms with Gasteiger partial charge in [-0.2, -0.15) is 13.2 Å². The first-order valence-corrected chi connectivity index (χ1v) is 5.71. The van der Waals surface area contributed by atoms with Crippen molar-refractivity contribution in [2.45, 2.75) is 31.9 Å². The topological polar surface area (TPSA) is 26.0 Å². The zero-order valence-corrected chi connectivity index (χ0v) is 10.2. The molecule has 1 fully saturated rings. The molecule has 1 aromatic rings. The first-order valence-electron chi connectivity index (χ1n) is 5.71. The SMILES string of the molecule is CC1(C)CC1(CN)c1ccc(C(F)(F)F)c(F)c1. The van der Waals surface area contributed by atoms with Crippen molar-refractivity contribution in [3.63, 3.8) is 0 Å². The van der Waals surface area contributed by atoms with Gasteiger partial charge in [0.1, 0.15) is 5.82 Å². The van der Waals surface area contributed by atoms with Crippen LogP contribution in [0.2, 0.25) is 0 Å². The lowest BCUT2D eigenvalue weighted by molar-refractivity contribution is -0.140. The van der Waals surface area contributed by atoms with Crippen molar-refractivity contribution in [1.82, 2.24) is 0 Å². The molecule has 1 aromatic carbocycles. The molecule has 0 saturated heterocycles. The van der Waals surface area contributed by atoms with Gasteiger partial charge in [0, 0.05) is 12.0 Å². The van der Waals surface area contributed by atoms with Crippen molar-refractivity contribution >= 4 is 0 Å². The normalized spacial score (nSPS) is 26.2. The lowest BCUT2D eigenvalue weighted by Gasteiger charge is -2.20. The molecule has 100 valence electrons. The predicted molar refractivity (Wildman–Crippen MR) is 60.5 cm³/mol. The average molecular weight is 261 g/mol. The fourth-order valence-electron chi connectivity index (χ4n) is 2.71. The number of rotatable bonds is 2. The summed E-state index contributed by atoms with van der Waals surface area (Å²) in [7, 11) is 0. The molecule has 0 aliphatic heterocycles. The molecular weight excluding hydrogens is 246 g/mol. The second-order valence-corrected chi connectivity index (χ2v) is 5.54. The molecule has 2 N–H and O–H groups in total. The van der Waals surface area contributed by atoms with Gasteiger partial charge in [0.25, 0.3) is 0 Å². The van der Waals surface area contributed by atoms with Crippen LogP contribution in [0.4, 0.5) is 17.6 Å². The molecule has 0 aromatic heterocycles. The Bertz CT molecular complexity index is 478. The minimum absolute atomic E-state index is 0.0893. The van der Waals surface area contributed by atoms with Gasteiger partial charge in [-0.3, -0.25) is 0 Å². The van der Waals surface area contributed by atoms with Gasteiger partial charge >= 0.3 is 6.18 Å². The fourth-order valence-corrected chi connectivity index (χ4v) is 2.71. The molecule has 1 saturated carbocycles. The molecular formula is C13H15F4N. The second-order valence-electron chi connectivity index (χ2n) is 5.54. The number of benzene rings is 1. The first kappa shape index (κ1) is 13.3. The van der Waals surface area contributed by atoms with E-state index in [1.807, 2.05) is 13.8 Å². The Kier molecular flexibility index (Phi) is 2.74. The largest absolute Gasteiger partial charge is 0.419 e. The lowest BCUT2D eigenvalue weighted by atomic mass is 9.87. The summed E-state index contributed by atoms with van der Waals surface area (Å²) >= 11 is 0. The standard InChI is InChI=1S/C13H15F4N/c1-11(2)6-12(11,7-18)8-3-4-9(10(14)5-8)13(15,16)17/h3-5H,6-7,18H2,1-2H3. The Morgan fingerprint density at radius 1 is 1.28 bits per heavy atom. The Balaban J connectivity index is 2.42. The maximum atomic E-state index is 13.5. The maximum Gasteiger partial charge on any atom is 0.419 e. The van der Waals surface area contributed by atoms with Crippen LogP contribution in [-0.2, 0) is 11.6 Å².